The van der Waals surface area contributed by atoms with Gasteiger partial charge < -0.3 is 15.4 Å². The van der Waals surface area contributed by atoms with Crippen molar-refractivity contribution in [1.82, 2.24) is 24.5 Å². The molecule has 2 N–H and O–H groups in total. The van der Waals surface area contributed by atoms with Crippen molar-refractivity contribution in [1.29, 1.82) is 0 Å². The van der Waals surface area contributed by atoms with Crippen LogP contribution in [-0.4, -0.2) is 43.7 Å². The number of nitrogens with two attached hydrogens (primary N) is 1. The number of amides is 1. The smallest absolute Gasteiger partial charge is 0.410 e. The maximum Gasteiger partial charge on any atom is 0.410 e. The Morgan fingerprint density at radius 2 is 2.15 bits per heavy atom. The molecule has 9 heteroatoms. The minimum Gasteiger partial charge on any atom is -0.445 e. The predicted octanol–water partition coefficient (Wildman–Crippen LogP) is 2.44. The Hall–Kier alpha value is -2.43. The van der Waals surface area contributed by atoms with Gasteiger partial charge in [-0.05, 0) is 34.6 Å². The molecule has 0 bridgehead atoms. The molecule has 26 heavy (non-hydrogen) atoms. The maximum absolute atomic E-state index is 12.3. The van der Waals surface area contributed by atoms with Crippen LogP contribution in [0.2, 0.25) is 0 Å². The highest BCUT2D eigenvalue weighted by Crippen LogP contribution is 2.29. The summed E-state index contributed by atoms with van der Waals surface area (Å²) in [5.74, 6) is 1.29. The number of carbonyl (C=O) groups excluding carboxylic acids is 1. The number of hydrogen-bond acceptors (Lipinski definition) is 6. The minimum absolute atomic E-state index is 0.0876. The standard InChI is InChI=1S/C17H17IN6O2/c18-14-13-15(19)20-10-21-24(13)16(22-14)12-6-7-23(8-12)17(25)26-9-11-4-2-1-3-5-11/h1-5,10,12H,6-9H2,(H2,19,20,21)/t12-/m0/s1. The number of carbonyl (C=O) groups is 1. The highest BCUT2D eigenvalue weighted by molar-refractivity contribution is 14.1. The molecule has 0 aliphatic carbocycles. The second-order valence-corrected chi connectivity index (χ2v) is 7.16. The number of anilines is 1. The summed E-state index contributed by atoms with van der Waals surface area (Å²) in [6.07, 6.45) is 1.92. The first-order chi connectivity index (χ1) is 12.6. The number of benzene rings is 1. The van der Waals surface area contributed by atoms with Crippen LogP contribution in [0.3, 0.4) is 0 Å². The maximum atomic E-state index is 12.3. The number of fused-ring (bicyclic) bond motifs is 1. The lowest BCUT2D eigenvalue weighted by atomic mass is 10.1. The molecule has 2 aromatic heterocycles. The van der Waals surface area contributed by atoms with Crippen molar-refractivity contribution in [2.75, 3.05) is 18.8 Å². The second kappa shape index (κ2) is 7.06. The van der Waals surface area contributed by atoms with Crippen molar-refractivity contribution < 1.29 is 9.53 Å². The molecule has 1 amide bonds. The van der Waals surface area contributed by atoms with E-state index in [1.54, 1.807) is 9.42 Å². The fourth-order valence-electron chi connectivity index (χ4n) is 3.15. The van der Waals surface area contributed by atoms with E-state index in [0.29, 0.717) is 24.4 Å². The Balaban J connectivity index is 1.45. The van der Waals surface area contributed by atoms with Crippen LogP contribution in [0.15, 0.2) is 36.7 Å². The monoisotopic (exact) mass is 464 g/mol. The van der Waals surface area contributed by atoms with Crippen molar-refractivity contribution in [2.45, 2.75) is 18.9 Å². The van der Waals surface area contributed by atoms with Gasteiger partial charge >= 0.3 is 6.09 Å². The van der Waals surface area contributed by atoms with Gasteiger partial charge in [-0.1, -0.05) is 30.3 Å². The molecular formula is C17H17IN6O2. The van der Waals surface area contributed by atoms with E-state index in [1.165, 1.54) is 6.33 Å². The number of ether oxygens (including phenoxy) is 1. The molecule has 1 saturated heterocycles. The number of imidazole rings is 1. The molecule has 0 spiro atoms. The number of rotatable bonds is 3. The van der Waals surface area contributed by atoms with Gasteiger partial charge in [0.2, 0.25) is 0 Å². The Bertz CT molecular complexity index is 945. The largest absolute Gasteiger partial charge is 0.445 e. The molecule has 1 aliphatic heterocycles. The first kappa shape index (κ1) is 17.0. The highest BCUT2D eigenvalue weighted by Gasteiger charge is 2.32. The number of halogens is 1. The second-order valence-electron chi connectivity index (χ2n) is 6.14. The van der Waals surface area contributed by atoms with Crippen molar-refractivity contribution in [3.8, 4) is 0 Å². The Labute approximate surface area is 163 Å². The van der Waals surface area contributed by atoms with Gasteiger partial charge in [-0.15, -0.1) is 0 Å². The highest BCUT2D eigenvalue weighted by atomic mass is 127. The van der Waals surface area contributed by atoms with Crippen molar-refractivity contribution in [3.05, 3.63) is 51.7 Å². The predicted molar refractivity (Wildman–Crippen MR) is 103 cm³/mol. The van der Waals surface area contributed by atoms with Crippen molar-refractivity contribution >= 4 is 40.0 Å². The average molecular weight is 464 g/mol. The fraction of sp³-hybridized carbons (Fsp3) is 0.294. The molecular weight excluding hydrogens is 447 g/mol. The first-order valence-corrected chi connectivity index (χ1v) is 9.31. The van der Waals surface area contributed by atoms with E-state index in [0.717, 1.165) is 21.5 Å². The molecule has 0 saturated carbocycles. The molecule has 4 rings (SSSR count). The van der Waals surface area contributed by atoms with E-state index >= 15 is 0 Å². The molecule has 1 aliphatic rings. The SMILES string of the molecule is Nc1ncnn2c([C@H]3CCN(C(=O)OCc4ccccc4)C3)nc(I)c12. The van der Waals surface area contributed by atoms with E-state index in [1.807, 2.05) is 30.3 Å². The molecule has 1 fully saturated rings. The Morgan fingerprint density at radius 1 is 1.35 bits per heavy atom. The molecule has 0 radical (unpaired) electrons. The van der Waals surface area contributed by atoms with E-state index in [4.69, 9.17) is 10.5 Å². The van der Waals surface area contributed by atoms with Gasteiger partial charge in [0.15, 0.2) is 5.82 Å². The molecule has 3 heterocycles. The van der Waals surface area contributed by atoms with Crippen LogP contribution in [-0.2, 0) is 11.3 Å². The third-order valence-electron chi connectivity index (χ3n) is 4.46. The molecule has 1 atom stereocenters. The summed E-state index contributed by atoms with van der Waals surface area (Å²) in [4.78, 5) is 22.7. The van der Waals surface area contributed by atoms with Crippen molar-refractivity contribution in [2.24, 2.45) is 0 Å². The van der Waals surface area contributed by atoms with Crippen LogP contribution >= 0.6 is 22.6 Å². The van der Waals surface area contributed by atoms with Crippen LogP contribution in [0.1, 0.15) is 23.7 Å². The number of hydrogen-bond donors (Lipinski definition) is 1. The van der Waals surface area contributed by atoms with E-state index in [-0.39, 0.29) is 18.6 Å². The summed E-state index contributed by atoms with van der Waals surface area (Å²) < 4.78 is 7.92. The van der Waals surface area contributed by atoms with E-state index in [9.17, 15) is 4.79 Å². The summed E-state index contributed by atoms with van der Waals surface area (Å²) in [7, 11) is 0. The lowest BCUT2D eigenvalue weighted by Crippen LogP contribution is -2.29. The molecule has 3 aromatic rings. The van der Waals surface area contributed by atoms with E-state index in [2.05, 4.69) is 37.7 Å². The van der Waals surface area contributed by atoms with Gasteiger partial charge in [-0.25, -0.2) is 19.3 Å². The molecule has 0 unspecified atom stereocenters. The van der Waals surface area contributed by atoms with Crippen molar-refractivity contribution in [3.63, 3.8) is 0 Å². The quantitative estimate of drug-likeness (QED) is 0.598. The van der Waals surface area contributed by atoms with Gasteiger partial charge in [-0.2, -0.15) is 5.10 Å². The van der Waals surface area contributed by atoms with Gasteiger partial charge in [-0.3, -0.25) is 0 Å². The fourth-order valence-corrected chi connectivity index (χ4v) is 3.90. The summed E-state index contributed by atoms with van der Waals surface area (Å²) in [5, 5.41) is 4.28. The minimum atomic E-state index is -0.305. The van der Waals surface area contributed by atoms with Crippen LogP contribution in [0.25, 0.3) is 5.52 Å². The molecule has 134 valence electrons. The van der Waals surface area contributed by atoms with Crippen LogP contribution in [0.4, 0.5) is 10.6 Å². The number of nitrogen functional groups attached to an aromatic ring is 1. The zero-order valence-electron chi connectivity index (χ0n) is 13.9. The number of likely N-dealkylation sites (tertiary alicyclic amines) is 1. The summed E-state index contributed by atoms with van der Waals surface area (Å²) >= 11 is 2.13. The molecule has 8 nitrogen and oxygen atoms in total. The van der Waals surface area contributed by atoms with Gasteiger partial charge in [0.1, 0.15) is 28.0 Å². The lowest BCUT2D eigenvalue weighted by molar-refractivity contribution is 0.104. The van der Waals surface area contributed by atoms with Gasteiger partial charge in [0.25, 0.3) is 0 Å². The Kier molecular flexibility index (Phi) is 4.62. The summed E-state index contributed by atoms with van der Waals surface area (Å²) in [5.41, 5.74) is 7.62. The zero-order chi connectivity index (χ0) is 18.1. The normalized spacial score (nSPS) is 17.0. The average Bonchev–Trinajstić information content (AvgIpc) is 3.26. The summed E-state index contributed by atoms with van der Waals surface area (Å²) in [6, 6.07) is 9.65. The summed E-state index contributed by atoms with van der Waals surface area (Å²) in [6.45, 7) is 1.45. The van der Waals surface area contributed by atoms with Crippen LogP contribution in [0.5, 0.6) is 0 Å². The van der Waals surface area contributed by atoms with Gasteiger partial charge in [0, 0.05) is 19.0 Å². The van der Waals surface area contributed by atoms with Gasteiger partial charge in [0.05, 0.1) is 0 Å². The zero-order valence-corrected chi connectivity index (χ0v) is 16.0. The van der Waals surface area contributed by atoms with Crippen LogP contribution < -0.4 is 5.73 Å². The first-order valence-electron chi connectivity index (χ1n) is 8.23. The third kappa shape index (κ3) is 3.18. The third-order valence-corrected chi connectivity index (χ3v) is 5.21. The number of nitrogens with zero attached hydrogens (tertiary/aromatic N) is 5. The Morgan fingerprint density at radius 3 is 2.96 bits per heavy atom. The lowest BCUT2D eigenvalue weighted by Gasteiger charge is -2.16. The van der Waals surface area contributed by atoms with E-state index < -0.39 is 0 Å². The topological polar surface area (TPSA) is 98.6 Å². The number of aromatic nitrogens is 4. The molecule has 1 aromatic carbocycles. The van der Waals surface area contributed by atoms with Crippen LogP contribution in [0, 0.1) is 3.70 Å².